The molecule has 6 heteroatoms. The first kappa shape index (κ1) is 22.4. The molecule has 6 nitrogen and oxygen atoms in total. The Bertz CT molecular complexity index is 1220. The van der Waals surface area contributed by atoms with Gasteiger partial charge in [0.1, 0.15) is 0 Å². The van der Waals surface area contributed by atoms with Crippen molar-refractivity contribution in [1.82, 2.24) is 24.8 Å². The first-order valence-electron chi connectivity index (χ1n) is 12.3. The number of likely N-dealkylation sites (tertiary alicyclic amines) is 1. The lowest BCUT2D eigenvalue weighted by molar-refractivity contribution is -0.126. The monoisotopic (exact) mass is 455 g/mol. The van der Waals surface area contributed by atoms with Crippen molar-refractivity contribution in [2.45, 2.75) is 39.3 Å². The van der Waals surface area contributed by atoms with E-state index in [1.165, 1.54) is 27.7 Å². The third kappa shape index (κ3) is 5.23. The van der Waals surface area contributed by atoms with Crippen LogP contribution < -0.4 is 5.32 Å². The van der Waals surface area contributed by atoms with Crippen molar-refractivity contribution in [1.29, 1.82) is 0 Å². The summed E-state index contributed by atoms with van der Waals surface area (Å²) in [6, 6.07) is 19.8. The van der Waals surface area contributed by atoms with Gasteiger partial charge in [-0.1, -0.05) is 48.0 Å². The number of hydrogen-bond acceptors (Lipinski definition) is 3. The molecular formula is C28H33N5O. The number of piperidine rings is 1. The Morgan fingerprint density at radius 1 is 1.09 bits per heavy atom. The van der Waals surface area contributed by atoms with E-state index < -0.39 is 0 Å². The molecule has 0 bridgehead atoms. The highest BCUT2D eigenvalue weighted by Crippen LogP contribution is 2.25. The molecule has 1 saturated heterocycles. The van der Waals surface area contributed by atoms with Crippen LogP contribution in [0.2, 0.25) is 0 Å². The van der Waals surface area contributed by atoms with Gasteiger partial charge in [0.15, 0.2) is 0 Å². The molecule has 2 N–H and O–H groups in total. The van der Waals surface area contributed by atoms with Gasteiger partial charge in [0.25, 0.3) is 0 Å². The van der Waals surface area contributed by atoms with E-state index in [1.807, 2.05) is 6.20 Å². The van der Waals surface area contributed by atoms with E-state index in [2.05, 4.69) is 86.3 Å². The fourth-order valence-electron chi connectivity index (χ4n) is 4.93. The quantitative estimate of drug-likeness (QED) is 0.417. The molecule has 2 aromatic carbocycles. The maximum atomic E-state index is 12.6. The second-order valence-electron chi connectivity index (χ2n) is 9.43. The molecule has 1 amide bonds. The van der Waals surface area contributed by atoms with E-state index in [-0.39, 0.29) is 11.8 Å². The molecule has 176 valence electrons. The molecule has 2 aromatic heterocycles. The zero-order chi connectivity index (χ0) is 23.3. The van der Waals surface area contributed by atoms with Crippen molar-refractivity contribution in [2.75, 3.05) is 19.6 Å². The molecule has 3 heterocycles. The van der Waals surface area contributed by atoms with Crippen molar-refractivity contribution in [3.8, 4) is 0 Å². The highest BCUT2D eigenvalue weighted by Gasteiger charge is 2.25. The second kappa shape index (κ2) is 10.3. The van der Waals surface area contributed by atoms with Crippen molar-refractivity contribution in [2.24, 2.45) is 5.92 Å². The highest BCUT2D eigenvalue weighted by molar-refractivity contribution is 5.81. The number of aromatic nitrogens is 3. The van der Waals surface area contributed by atoms with Gasteiger partial charge in [0.05, 0.1) is 6.33 Å². The Labute approximate surface area is 201 Å². The molecule has 0 spiro atoms. The maximum absolute atomic E-state index is 12.6. The summed E-state index contributed by atoms with van der Waals surface area (Å²) in [6.45, 7) is 6.46. The standard InChI is InChI=1S/C28H33N5O/c1-21-6-8-22(9-7-21)18-33-26(16-24-4-2-3-5-27(24)33)19-32-14-11-23(12-15-32)28(34)30-13-10-25-17-29-20-31-25/h2-9,16-17,20,23H,10-15,18-19H2,1H3,(H,29,31)(H,30,34). The van der Waals surface area contributed by atoms with Gasteiger partial charge in [0, 0.05) is 55.1 Å². The minimum atomic E-state index is 0.108. The summed E-state index contributed by atoms with van der Waals surface area (Å²) >= 11 is 0. The minimum absolute atomic E-state index is 0.108. The molecule has 1 aliphatic heterocycles. The molecule has 5 rings (SSSR count). The number of carbonyl (C=O) groups is 1. The van der Waals surface area contributed by atoms with Gasteiger partial charge in [-0.05, 0) is 55.9 Å². The Balaban J connectivity index is 1.20. The highest BCUT2D eigenvalue weighted by atomic mass is 16.1. The molecular weight excluding hydrogens is 422 g/mol. The summed E-state index contributed by atoms with van der Waals surface area (Å²) in [5.41, 5.74) is 6.28. The molecule has 1 aliphatic rings. The molecule has 0 atom stereocenters. The van der Waals surface area contributed by atoms with E-state index in [9.17, 15) is 4.79 Å². The number of fused-ring (bicyclic) bond motifs is 1. The van der Waals surface area contributed by atoms with Crippen LogP contribution in [0.5, 0.6) is 0 Å². The Morgan fingerprint density at radius 3 is 2.65 bits per heavy atom. The van der Waals surface area contributed by atoms with Gasteiger partial charge in [-0.2, -0.15) is 0 Å². The van der Waals surface area contributed by atoms with Gasteiger partial charge in [-0.3, -0.25) is 9.69 Å². The number of nitrogens with one attached hydrogen (secondary N) is 2. The van der Waals surface area contributed by atoms with E-state index in [0.717, 1.165) is 51.1 Å². The van der Waals surface area contributed by atoms with Crippen molar-refractivity contribution < 1.29 is 4.79 Å². The van der Waals surface area contributed by atoms with Gasteiger partial charge >= 0.3 is 0 Å². The average molecular weight is 456 g/mol. The molecule has 0 aliphatic carbocycles. The lowest BCUT2D eigenvalue weighted by Crippen LogP contribution is -2.41. The van der Waals surface area contributed by atoms with Crippen molar-refractivity contribution in [3.63, 3.8) is 0 Å². The lowest BCUT2D eigenvalue weighted by atomic mass is 9.95. The Kier molecular flexibility index (Phi) is 6.77. The van der Waals surface area contributed by atoms with Gasteiger partial charge < -0.3 is 14.9 Å². The molecule has 1 fully saturated rings. The zero-order valence-corrected chi connectivity index (χ0v) is 19.8. The van der Waals surface area contributed by atoms with E-state index >= 15 is 0 Å². The molecule has 34 heavy (non-hydrogen) atoms. The van der Waals surface area contributed by atoms with Crippen molar-refractivity contribution in [3.05, 3.63) is 89.6 Å². The van der Waals surface area contributed by atoms with E-state index in [0.29, 0.717) is 6.54 Å². The first-order chi connectivity index (χ1) is 16.7. The summed E-state index contributed by atoms with van der Waals surface area (Å²) in [7, 11) is 0. The summed E-state index contributed by atoms with van der Waals surface area (Å²) in [5.74, 6) is 0.295. The number of H-pyrrole nitrogens is 1. The van der Waals surface area contributed by atoms with Crippen LogP contribution in [-0.4, -0.2) is 45.0 Å². The number of aryl methyl sites for hydroxylation is 1. The molecule has 4 aromatic rings. The summed E-state index contributed by atoms with van der Waals surface area (Å²) in [4.78, 5) is 22.2. The fraction of sp³-hybridized carbons (Fsp3) is 0.357. The predicted octanol–water partition coefficient (Wildman–Crippen LogP) is 4.29. The molecule has 0 saturated carbocycles. The van der Waals surface area contributed by atoms with Crippen LogP contribution in [0, 0.1) is 12.8 Å². The topological polar surface area (TPSA) is 66.0 Å². The van der Waals surface area contributed by atoms with Gasteiger partial charge in [-0.15, -0.1) is 0 Å². The van der Waals surface area contributed by atoms with Crippen molar-refractivity contribution >= 4 is 16.8 Å². The average Bonchev–Trinajstić information content (AvgIpc) is 3.49. The van der Waals surface area contributed by atoms with Crippen LogP contribution in [0.25, 0.3) is 10.9 Å². The number of amides is 1. The Morgan fingerprint density at radius 2 is 1.88 bits per heavy atom. The molecule has 0 unspecified atom stereocenters. The zero-order valence-electron chi connectivity index (χ0n) is 19.8. The number of para-hydroxylation sites is 1. The number of benzene rings is 2. The van der Waals surface area contributed by atoms with Crippen LogP contribution in [0.4, 0.5) is 0 Å². The van der Waals surface area contributed by atoms with Gasteiger partial charge in [-0.25, -0.2) is 4.98 Å². The normalized spacial score (nSPS) is 15.1. The third-order valence-corrected chi connectivity index (χ3v) is 6.95. The van der Waals surface area contributed by atoms with E-state index in [4.69, 9.17) is 0 Å². The number of hydrogen-bond donors (Lipinski definition) is 2. The summed E-state index contributed by atoms with van der Waals surface area (Å²) < 4.78 is 2.45. The number of carbonyl (C=O) groups excluding carboxylic acids is 1. The second-order valence-corrected chi connectivity index (χ2v) is 9.43. The molecule has 0 radical (unpaired) electrons. The van der Waals surface area contributed by atoms with Crippen LogP contribution in [-0.2, 0) is 24.3 Å². The smallest absolute Gasteiger partial charge is 0.223 e. The number of rotatable bonds is 8. The lowest BCUT2D eigenvalue weighted by Gasteiger charge is -2.31. The Hall–Kier alpha value is -3.38. The van der Waals surface area contributed by atoms with Crippen LogP contribution >= 0.6 is 0 Å². The van der Waals surface area contributed by atoms with Crippen LogP contribution in [0.3, 0.4) is 0 Å². The number of imidazole rings is 1. The summed E-state index contributed by atoms with van der Waals surface area (Å²) in [6.07, 6.45) is 6.09. The number of nitrogens with zero attached hydrogens (tertiary/aromatic N) is 3. The predicted molar refractivity (Wildman–Crippen MR) is 136 cm³/mol. The number of aromatic amines is 1. The third-order valence-electron chi connectivity index (χ3n) is 6.95. The summed E-state index contributed by atoms with van der Waals surface area (Å²) in [5, 5.41) is 4.39. The van der Waals surface area contributed by atoms with E-state index in [1.54, 1.807) is 6.33 Å². The SMILES string of the molecule is Cc1ccc(Cn2c(CN3CCC(C(=O)NCCc4cnc[nH]4)CC3)cc3ccccc32)cc1. The van der Waals surface area contributed by atoms with Gasteiger partial charge in [0.2, 0.25) is 5.91 Å². The van der Waals surface area contributed by atoms with Crippen LogP contribution in [0.1, 0.15) is 35.4 Å². The fourth-order valence-corrected chi connectivity index (χ4v) is 4.93. The largest absolute Gasteiger partial charge is 0.355 e. The minimum Gasteiger partial charge on any atom is -0.355 e. The first-order valence-corrected chi connectivity index (χ1v) is 12.3. The maximum Gasteiger partial charge on any atom is 0.223 e. The van der Waals surface area contributed by atoms with Crippen LogP contribution in [0.15, 0.2) is 67.1 Å².